The third-order valence-electron chi connectivity index (χ3n) is 2.53. The molecule has 1 amide bonds. The van der Waals surface area contributed by atoms with E-state index in [2.05, 4.69) is 5.32 Å². The molecular weight excluding hydrogens is 316 g/mol. The molecule has 0 fully saturated rings. The lowest BCUT2D eigenvalue weighted by Crippen LogP contribution is -2.44. The number of nitrogens with one attached hydrogen (secondary N) is 2. The first-order chi connectivity index (χ1) is 10.5. The highest BCUT2D eigenvalue weighted by Crippen LogP contribution is 2.13. The summed E-state index contributed by atoms with van der Waals surface area (Å²) < 4.78 is 58.0. The van der Waals surface area contributed by atoms with Crippen molar-refractivity contribution in [1.29, 1.82) is 0 Å². The molecule has 0 bridgehead atoms. The molecule has 0 atom stereocenters. The number of hydrogen-bond donors (Lipinski definition) is 2. The second-order valence-electron chi connectivity index (χ2n) is 6.09. The van der Waals surface area contributed by atoms with Gasteiger partial charge >= 0.3 is 6.09 Å². The molecule has 4 nitrogen and oxygen atoms in total. The minimum atomic E-state index is -3.23. The van der Waals surface area contributed by atoms with Crippen LogP contribution in [-0.2, 0) is 11.3 Å². The van der Waals surface area contributed by atoms with E-state index < -0.39 is 42.3 Å². The van der Waals surface area contributed by atoms with Crippen LogP contribution in [0.1, 0.15) is 26.3 Å². The average molecular weight is 336 g/mol. The van der Waals surface area contributed by atoms with Gasteiger partial charge in [0.1, 0.15) is 17.2 Å². The van der Waals surface area contributed by atoms with Gasteiger partial charge in [-0.05, 0) is 38.5 Å². The molecule has 0 aromatic heterocycles. The first kappa shape index (κ1) is 19.2. The summed E-state index contributed by atoms with van der Waals surface area (Å²) in [5, 5.41) is 4.37. The van der Waals surface area contributed by atoms with Crippen molar-refractivity contribution in [2.24, 2.45) is 0 Å². The standard InChI is InChI=1S/C15H20F4N2O2/c1-14(2,3)23-13(22)21-9-15(18,19)8-20-7-10-4-11(16)6-12(17)5-10/h4-6,20H,7-9H2,1-3H3,(H,21,22). The molecule has 0 saturated heterocycles. The summed E-state index contributed by atoms with van der Waals surface area (Å²) in [6.07, 6.45) is -0.940. The molecule has 0 aliphatic rings. The third kappa shape index (κ3) is 8.39. The van der Waals surface area contributed by atoms with Gasteiger partial charge < -0.3 is 15.4 Å². The molecule has 0 unspecified atom stereocenters. The number of halogens is 4. The zero-order chi connectivity index (χ0) is 17.7. The molecule has 1 aromatic carbocycles. The monoisotopic (exact) mass is 336 g/mol. The van der Waals surface area contributed by atoms with Crippen molar-refractivity contribution >= 4 is 6.09 Å². The van der Waals surface area contributed by atoms with Gasteiger partial charge in [0, 0.05) is 12.6 Å². The van der Waals surface area contributed by atoms with Crippen molar-refractivity contribution in [2.45, 2.75) is 38.8 Å². The molecule has 0 radical (unpaired) electrons. The van der Waals surface area contributed by atoms with Gasteiger partial charge in [0.05, 0.1) is 13.1 Å². The minimum Gasteiger partial charge on any atom is -0.444 e. The maximum absolute atomic E-state index is 13.6. The van der Waals surface area contributed by atoms with Crippen LogP contribution in [0.4, 0.5) is 22.4 Å². The second-order valence-corrected chi connectivity index (χ2v) is 6.09. The fourth-order valence-electron chi connectivity index (χ4n) is 1.68. The van der Waals surface area contributed by atoms with Gasteiger partial charge in [-0.15, -0.1) is 0 Å². The average Bonchev–Trinajstić information content (AvgIpc) is 2.33. The molecule has 1 aromatic rings. The fourth-order valence-corrected chi connectivity index (χ4v) is 1.68. The first-order valence-corrected chi connectivity index (χ1v) is 6.97. The Kier molecular flexibility index (Phi) is 6.37. The molecule has 2 N–H and O–H groups in total. The van der Waals surface area contributed by atoms with E-state index in [1.165, 1.54) is 0 Å². The number of carbonyl (C=O) groups is 1. The van der Waals surface area contributed by atoms with E-state index in [-0.39, 0.29) is 12.1 Å². The Hall–Kier alpha value is -1.83. The van der Waals surface area contributed by atoms with Crippen LogP contribution < -0.4 is 10.6 Å². The van der Waals surface area contributed by atoms with Crippen LogP contribution in [0, 0.1) is 11.6 Å². The number of benzene rings is 1. The van der Waals surface area contributed by atoms with Crippen molar-refractivity contribution in [2.75, 3.05) is 13.1 Å². The third-order valence-corrected chi connectivity index (χ3v) is 2.53. The van der Waals surface area contributed by atoms with E-state index in [9.17, 15) is 22.4 Å². The Labute approximate surface area is 132 Å². The predicted molar refractivity (Wildman–Crippen MR) is 77.2 cm³/mol. The normalized spacial score (nSPS) is 12.1. The van der Waals surface area contributed by atoms with Gasteiger partial charge in [-0.2, -0.15) is 0 Å². The number of hydrogen-bond acceptors (Lipinski definition) is 3. The molecule has 23 heavy (non-hydrogen) atoms. The molecule has 0 aliphatic heterocycles. The minimum absolute atomic E-state index is 0.128. The molecule has 0 heterocycles. The van der Waals surface area contributed by atoms with E-state index in [1.807, 2.05) is 5.32 Å². The van der Waals surface area contributed by atoms with Gasteiger partial charge in [0.15, 0.2) is 0 Å². The van der Waals surface area contributed by atoms with Crippen LogP contribution >= 0.6 is 0 Å². The van der Waals surface area contributed by atoms with Crippen LogP contribution in [-0.4, -0.2) is 30.7 Å². The van der Waals surface area contributed by atoms with E-state index in [0.717, 1.165) is 12.1 Å². The summed E-state index contributed by atoms with van der Waals surface area (Å²) in [5.74, 6) is -4.79. The highest BCUT2D eigenvalue weighted by molar-refractivity contribution is 5.67. The van der Waals surface area contributed by atoms with Gasteiger partial charge in [0.25, 0.3) is 5.92 Å². The number of alkyl halides is 2. The predicted octanol–water partition coefficient (Wildman–Crippen LogP) is 3.21. The molecular formula is C15H20F4N2O2. The number of alkyl carbamates (subject to hydrolysis) is 1. The molecule has 8 heteroatoms. The summed E-state index contributed by atoms with van der Waals surface area (Å²) in [6, 6.07) is 2.79. The molecule has 0 saturated carbocycles. The zero-order valence-corrected chi connectivity index (χ0v) is 13.2. The topological polar surface area (TPSA) is 50.4 Å². The van der Waals surface area contributed by atoms with Crippen LogP contribution in [0.15, 0.2) is 18.2 Å². The lowest BCUT2D eigenvalue weighted by Gasteiger charge is -2.22. The van der Waals surface area contributed by atoms with Gasteiger partial charge in [0.2, 0.25) is 0 Å². The zero-order valence-electron chi connectivity index (χ0n) is 13.2. The van der Waals surface area contributed by atoms with Crippen LogP contribution in [0.5, 0.6) is 0 Å². The van der Waals surface area contributed by atoms with Crippen LogP contribution in [0.2, 0.25) is 0 Å². The Morgan fingerprint density at radius 2 is 1.65 bits per heavy atom. The summed E-state index contributed by atoms with van der Waals surface area (Å²) in [6.45, 7) is 3.04. The molecule has 1 rings (SSSR count). The van der Waals surface area contributed by atoms with Crippen molar-refractivity contribution in [3.05, 3.63) is 35.4 Å². The number of carbonyl (C=O) groups excluding carboxylic acids is 1. The lowest BCUT2D eigenvalue weighted by molar-refractivity contribution is -0.00376. The Balaban J connectivity index is 2.39. The highest BCUT2D eigenvalue weighted by Gasteiger charge is 2.30. The summed E-state index contributed by atoms with van der Waals surface area (Å²) in [7, 11) is 0. The largest absolute Gasteiger partial charge is 0.444 e. The Morgan fingerprint density at radius 3 is 2.17 bits per heavy atom. The van der Waals surface area contributed by atoms with E-state index in [1.54, 1.807) is 20.8 Å². The smallest absolute Gasteiger partial charge is 0.407 e. The van der Waals surface area contributed by atoms with Crippen LogP contribution in [0.3, 0.4) is 0 Å². The Morgan fingerprint density at radius 1 is 1.09 bits per heavy atom. The van der Waals surface area contributed by atoms with E-state index >= 15 is 0 Å². The first-order valence-electron chi connectivity index (χ1n) is 6.97. The van der Waals surface area contributed by atoms with E-state index in [4.69, 9.17) is 4.74 Å². The van der Waals surface area contributed by atoms with Crippen molar-refractivity contribution in [3.63, 3.8) is 0 Å². The summed E-state index contributed by atoms with van der Waals surface area (Å²) in [4.78, 5) is 11.3. The van der Waals surface area contributed by atoms with Crippen LogP contribution in [0.25, 0.3) is 0 Å². The fraction of sp³-hybridized carbons (Fsp3) is 0.533. The van der Waals surface area contributed by atoms with Gasteiger partial charge in [-0.3, -0.25) is 0 Å². The van der Waals surface area contributed by atoms with E-state index in [0.29, 0.717) is 6.07 Å². The maximum atomic E-state index is 13.6. The number of rotatable bonds is 6. The summed E-state index contributed by atoms with van der Waals surface area (Å²) >= 11 is 0. The molecule has 0 spiro atoms. The van der Waals surface area contributed by atoms with Crippen molar-refractivity contribution in [1.82, 2.24) is 10.6 Å². The van der Waals surface area contributed by atoms with Gasteiger partial charge in [-0.1, -0.05) is 0 Å². The lowest BCUT2D eigenvalue weighted by atomic mass is 10.2. The van der Waals surface area contributed by atoms with Crippen molar-refractivity contribution < 1.29 is 27.1 Å². The number of amides is 1. The highest BCUT2D eigenvalue weighted by atomic mass is 19.3. The van der Waals surface area contributed by atoms with Gasteiger partial charge in [-0.25, -0.2) is 22.4 Å². The summed E-state index contributed by atoms with van der Waals surface area (Å²) in [5.41, 5.74) is -0.572. The second kappa shape index (κ2) is 7.63. The number of ether oxygens (including phenoxy) is 1. The quantitative estimate of drug-likeness (QED) is 0.785. The molecule has 0 aliphatic carbocycles. The molecule has 130 valence electrons. The SMILES string of the molecule is CC(C)(C)OC(=O)NCC(F)(F)CNCc1cc(F)cc(F)c1. The van der Waals surface area contributed by atoms with Crippen molar-refractivity contribution in [3.8, 4) is 0 Å². The maximum Gasteiger partial charge on any atom is 0.407 e. The Bertz CT molecular complexity index is 525.